The number of carbonyl (C=O) groups is 1. The zero-order valence-corrected chi connectivity index (χ0v) is 8.95. The van der Waals surface area contributed by atoms with Crippen molar-refractivity contribution in [2.24, 2.45) is 0 Å². The zero-order chi connectivity index (χ0) is 11.7. The smallest absolute Gasteiger partial charge is 0.337 e. The van der Waals surface area contributed by atoms with E-state index >= 15 is 0 Å². The molecule has 0 atom stereocenters. The Morgan fingerprint density at radius 3 is 2.94 bits per heavy atom. The predicted octanol–water partition coefficient (Wildman–Crippen LogP) is 2.21. The molecule has 2 aromatic rings. The van der Waals surface area contributed by atoms with Gasteiger partial charge in [0.15, 0.2) is 5.82 Å². The number of rotatable bonds is 1. The molecule has 16 heavy (non-hydrogen) atoms. The molecule has 0 aliphatic heterocycles. The molecule has 4 nitrogen and oxygen atoms in total. The van der Waals surface area contributed by atoms with Crippen LogP contribution in [0.4, 0.5) is 4.39 Å². The molecule has 1 heterocycles. The van der Waals surface area contributed by atoms with Crippen molar-refractivity contribution in [3.05, 3.63) is 34.7 Å². The van der Waals surface area contributed by atoms with Gasteiger partial charge in [-0.2, -0.15) is 5.10 Å². The second-order valence-corrected chi connectivity index (χ2v) is 3.45. The third kappa shape index (κ3) is 1.69. The van der Waals surface area contributed by atoms with Gasteiger partial charge in [0.2, 0.25) is 0 Å². The van der Waals surface area contributed by atoms with Crippen LogP contribution in [0.2, 0.25) is 5.02 Å². The largest absolute Gasteiger partial charge is 0.465 e. The molecule has 0 spiro atoms. The van der Waals surface area contributed by atoms with Gasteiger partial charge in [0, 0.05) is 5.39 Å². The van der Waals surface area contributed by atoms with Crippen LogP contribution in [-0.4, -0.2) is 23.3 Å². The Morgan fingerprint density at radius 2 is 2.25 bits per heavy atom. The number of ether oxygens (including phenoxy) is 1. The van der Waals surface area contributed by atoms with E-state index in [0.717, 1.165) is 6.07 Å². The molecule has 6 heteroatoms. The van der Waals surface area contributed by atoms with Crippen LogP contribution < -0.4 is 0 Å². The number of carbonyl (C=O) groups excluding carboxylic acids is 1. The van der Waals surface area contributed by atoms with Gasteiger partial charge in [-0.1, -0.05) is 11.6 Å². The van der Waals surface area contributed by atoms with E-state index in [2.05, 4.69) is 14.9 Å². The van der Waals surface area contributed by atoms with Gasteiger partial charge in [-0.15, -0.1) is 5.10 Å². The minimum atomic E-state index is -0.659. The minimum Gasteiger partial charge on any atom is -0.465 e. The Balaban J connectivity index is 2.75. The van der Waals surface area contributed by atoms with E-state index < -0.39 is 11.8 Å². The highest BCUT2D eigenvalue weighted by molar-refractivity contribution is 6.35. The monoisotopic (exact) mass is 240 g/mol. The summed E-state index contributed by atoms with van der Waals surface area (Å²) in [6.07, 6.45) is 1.28. The average Bonchev–Trinajstić information content (AvgIpc) is 2.29. The molecular weight excluding hydrogens is 235 g/mol. The fourth-order valence-electron chi connectivity index (χ4n) is 1.33. The highest BCUT2D eigenvalue weighted by Gasteiger charge is 2.13. The maximum absolute atomic E-state index is 13.6. The fourth-order valence-corrected chi connectivity index (χ4v) is 1.51. The van der Waals surface area contributed by atoms with E-state index in [0.29, 0.717) is 5.39 Å². The summed E-state index contributed by atoms with van der Waals surface area (Å²) in [6.45, 7) is 0. The number of hydrogen-bond donors (Lipinski definition) is 0. The third-order valence-corrected chi connectivity index (χ3v) is 2.37. The van der Waals surface area contributed by atoms with Crippen LogP contribution in [0.5, 0.6) is 0 Å². The second-order valence-electron chi connectivity index (χ2n) is 3.04. The van der Waals surface area contributed by atoms with Crippen molar-refractivity contribution in [3.8, 4) is 0 Å². The fraction of sp³-hybridized carbons (Fsp3) is 0.100. The lowest BCUT2D eigenvalue weighted by molar-refractivity contribution is 0.0600. The predicted molar refractivity (Wildman–Crippen MR) is 55.8 cm³/mol. The number of halogens is 2. The Bertz CT molecular complexity index is 574. The summed E-state index contributed by atoms with van der Waals surface area (Å²) in [5.41, 5.74) is 0.113. The molecule has 0 saturated heterocycles. The molecule has 0 fully saturated rings. The molecule has 0 aliphatic carbocycles. The number of nitrogens with zero attached hydrogens (tertiary/aromatic N) is 2. The molecule has 0 unspecified atom stereocenters. The van der Waals surface area contributed by atoms with E-state index in [1.165, 1.54) is 19.4 Å². The van der Waals surface area contributed by atoms with Gasteiger partial charge in [-0.3, -0.25) is 0 Å². The van der Waals surface area contributed by atoms with Crippen LogP contribution in [0.15, 0.2) is 18.3 Å². The Kier molecular flexibility index (Phi) is 2.70. The molecule has 82 valence electrons. The third-order valence-electron chi connectivity index (χ3n) is 2.07. The van der Waals surface area contributed by atoms with Crippen molar-refractivity contribution >= 4 is 28.5 Å². The first-order valence-corrected chi connectivity index (χ1v) is 4.70. The maximum atomic E-state index is 13.6. The van der Waals surface area contributed by atoms with Gasteiger partial charge in [-0.05, 0) is 12.1 Å². The topological polar surface area (TPSA) is 52.1 Å². The lowest BCUT2D eigenvalue weighted by Gasteiger charge is -2.03. The molecule has 0 amide bonds. The number of aromatic nitrogens is 2. The summed E-state index contributed by atoms with van der Waals surface area (Å²) in [5.74, 6) is -1.29. The Hall–Kier alpha value is -1.75. The molecule has 0 aliphatic rings. The van der Waals surface area contributed by atoms with E-state index in [4.69, 9.17) is 11.6 Å². The molecule has 0 bridgehead atoms. The van der Waals surface area contributed by atoms with Crippen molar-refractivity contribution < 1.29 is 13.9 Å². The van der Waals surface area contributed by atoms with Crippen LogP contribution in [0.1, 0.15) is 10.4 Å². The van der Waals surface area contributed by atoms with Crippen molar-refractivity contribution in [3.63, 3.8) is 0 Å². The number of methoxy groups -OCH3 is 1. The van der Waals surface area contributed by atoms with Crippen molar-refractivity contribution in [2.45, 2.75) is 0 Å². The number of benzene rings is 1. The summed E-state index contributed by atoms with van der Waals surface area (Å²) in [4.78, 5) is 11.3. The van der Waals surface area contributed by atoms with E-state index in [-0.39, 0.29) is 16.1 Å². The van der Waals surface area contributed by atoms with E-state index in [1.807, 2.05) is 0 Å². The maximum Gasteiger partial charge on any atom is 0.337 e. The second kappa shape index (κ2) is 4.02. The number of hydrogen-bond acceptors (Lipinski definition) is 4. The lowest BCUT2D eigenvalue weighted by Crippen LogP contribution is -2.02. The first-order chi connectivity index (χ1) is 7.63. The number of fused-ring (bicyclic) bond motifs is 1. The summed E-state index contributed by atoms with van der Waals surface area (Å²) < 4.78 is 18.0. The Labute approximate surface area is 95.0 Å². The molecule has 1 aromatic carbocycles. The van der Waals surface area contributed by atoms with Crippen LogP contribution in [0.25, 0.3) is 10.9 Å². The molecule has 0 radical (unpaired) electrons. The Morgan fingerprint density at radius 1 is 1.50 bits per heavy atom. The first-order valence-electron chi connectivity index (χ1n) is 4.32. The normalized spacial score (nSPS) is 10.4. The standard InChI is InChI=1S/C10H6ClFN2O2/c1-16-10(15)5-2-6-7(11)4-13-14-9(6)8(12)3-5/h2-4H,1H3. The molecular formula is C10H6ClFN2O2. The van der Waals surface area contributed by atoms with Gasteiger partial charge < -0.3 is 4.74 Å². The van der Waals surface area contributed by atoms with Crippen molar-refractivity contribution in [2.75, 3.05) is 7.11 Å². The molecule has 2 rings (SSSR count). The van der Waals surface area contributed by atoms with Crippen LogP contribution >= 0.6 is 11.6 Å². The summed E-state index contributed by atoms with van der Waals surface area (Å²) in [7, 11) is 1.22. The quantitative estimate of drug-likeness (QED) is 0.717. The molecule has 1 aromatic heterocycles. The lowest BCUT2D eigenvalue weighted by atomic mass is 10.1. The molecule has 0 N–H and O–H groups in total. The van der Waals surface area contributed by atoms with Gasteiger partial charge in [-0.25, -0.2) is 9.18 Å². The summed E-state index contributed by atoms with van der Waals surface area (Å²) in [5, 5.41) is 7.70. The SMILES string of the molecule is COC(=O)c1cc(F)c2nncc(Cl)c2c1. The number of esters is 1. The summed E-state index contributed by atoms with van der Waals surface area (Å²) in [6, 6.07) is 2.46. The minimum absolute atomic E-state index is 0.0279. The van der Waals surface area contributed by atoms with Gasteiger partial charge in [0.05, 0.1) is 23.9 Å². The van der Waals surface area contributed by atoms with Crippen molar-refractivity contribution in [1.82, 2.24) is 10.2 Å². The van der Waals surface area contributed by atoms with Gasteiger partial charge in [0.25, 0.3) is 0 Å². The van der Waals surface area contributed by atoms with Crippen molar-refractivity contribution in [1.29, 1.82) is 0 Å². The first kappa shape index (κ1) is 10.8. The highest BCUT2D eigenvalue weighted by atomic mass is 35.5. The van der Waals surface area contributed by atoms with Crippen LogP contribution in [0, 0.1) is 5.82 Å². The van der Waals surface area contributed by atoms with Crippen LogP contribution in [0.3, 0.4) is 0 Å². The van der Waals surface area contributed by atoms with E-state index in [1.54, 1.807) is 0 Å². The average molecular weight is 241 g/mol. The van der Waals surface area contributed by atoms with Gasteiger partial charge in [0.1, 0.15) is 5.52 Å². The molecule has 0 saturated carbocycles. The zero-order valence-electron chi connectivity index (χ0n) is 8.20. The van der Waals surface area contributed by atoms with E-state index in [9.17, 15) is 9.18 Å². The summed E-state index contributed by atoms with van der Waals surface area (Å²) >= 11 is 5.83. The van der Waals surface area contributed by atoms with Gasteiger partial charge >= 0.3 is 5.97 Å². The van der Waals surface area contributed by atoms with Crippen LogP contribution in [-0.2, 0) is 4.74 Å². The highest BCUT2D eigenvalue weighted by Crippen LogP contribution is 2.24.